The Balaban J connectivity index is 1.22. The van der Waals surface area contributed by atoms with Gasteiger partial charge in [0.15, 0.2) is 5.70 Å². The van der Waals surface area contributed by atoms with Gasteiger partial charge in [0.2, 0.25) is 5.90 Å². The molecule has 0 aliphatic carbocycles. The van der Waals surface area contributed by atoms with E-state index in [1.807, 2.05) is 48.5 Å². The molecule has 5 nitrogen and oxygen atoms in total. The normalized spacial score (nSPS) is 14.4. The first-order chi connectivity index (χ1) is 17.5. The molecule has 0 N–H and O–H groups in total. The van der Waals surface area contributed by atoms with Gasteiger partial charge in [-0.3, -0.25) is 0 Å². The third-order valence-corrected chi connectivity index (χ3v) is 8.78. The first-order valence-corrected chi connectivity index (χ1v) is 13.1. The highest BCUT2D eigenvalue weighted by molar-refractivity contribution is 7.22. The second kappa shape index (κ2) is 9.19. The van der Waals surface area contributed by atoms with Crippen LogP contribution < -0.4 is 4.74 Å². The zero-order chi connectivity index (χ0) is 24.8. The highest BCUT2D eigenvalue weighted by Gasteiger charge is 2.28. The molecule has 0 unspecified atom stereocenters. The number of hydrogen-bond donors (Lipinski definition) is 0. The fraction of sp³-hybridized carbons (Fsp3) is 0. The van der Waals surface area contributed by atoms with Crippen LogP contribution in [0.2, 0.25) is 10.0 Å². The predicted molar refractivity (Wildman–Crippen MR) is 146 cm³/mol. The van der Waals surface area contributed by atoms with Crippen LogP contribution >= 0.6 is 45.9 Å². The van der Waals surface area contributed by atoms with Crippen molar-refractivity contribution < 1.29 is 19.1 Å². The van der Waals surface area contributed by atoms with E-state index in [1.165, 1.54) is 22.7 Å². The lowest BCUT2D eigenvalue weighted by Crippen LogP contribution is -2.06. The number of benzene rings is 3. The number of halogens is 2. The lowest BCUT2D eigenvalue weighted by Gasteiger charge is -2.03. The summed E-state index contributed by atoms with van der Waals surface area (Å²) >= 11 is 15.6. The lowest BCUT2D eigenvalue weighted by molar-refractivity contribution is -0.129. The molecule has 1 aliphatic heterocycles. The first kappa shape index (κ1) is 22.9. The second-order valence-corrected chi connectivity index (χ2v) is 10.6. The van der Waals surface area contributed by atoms with E-state index in [4.69, 9.17) is 32.7 Å². The number of rotatable bonds is 4. The van der Waals surface area contributed by atoms with Gasteiger partial charge in [0, 0.05) is 20.2 Å². The van der Waals surface area contributed by atoms with E-state index in [2.05, 4.69) is 4.99 Å². The Morgan fingerprint density at radius 1 is 0.861 bits per heavy atom. The standard InChI is InChI=1S/C27H13Cl2NO4S2/c28-21-16-5-1-3-7-19(16)35-23(21)25-30-18(26(31)34-25)13-14-9-11-15(12-10-14)33-27(32)24-22(29)17-6-2-4-8-20(17)36-24/h1-13H/b18-13-. The minimum absolute atomic E-state index is 0.153. The minimum Gasteiger partial charge on any atom is -0.422 e. The number of fused-ring (bicyclic) bond motifs is 2. The Hall–Kier alpha value is -3.49. The zero-order valence-corrected chi connectivity index (χ0v) is 21.3. The average molecular weight is 550 g/mol. The molecule has 1 aliphatic rings. The van der Waals surface area contributed by atoms with Crippen LogP contribution in [0, 0.1) is 0 Å². The number of thiophene rings is 2. The Morgan fingerprint density at radius 2 is 1.50 bits per heavy atom. The van der Waals surface area contributed by atoms with E-state index in [9.17, 15) is 9.59 Å². The number of hydrogen-bond acceptors (Lipinski definition) is 7. The molecule has 0 fully saturated rings. The fourth-order valence-electron chi connectivity index (χ4n) is 3.75. The number of cyclic esters (lactones) is 1. The average Bonchev–Trinajstić information content (AvgIpc) is 3.54. The molecule has 3 heterocycles. The smallest absolute Gasteiger partial charge is 0.363 e. The van der Waals surface area contributed by atoms with Gasteiger partial charge in [0.05, 0.1) is 10.0 Å². The van der Waals surface area contributed by atoms with Crippen LogP contribution in [0.1, 0.15) is 20.1 Å². The maximum atomic E-state index is 12.7. The highest BCUT2D eigenvalue weighted by atomic mass is 35.5. The topological polar surface area (TPSA) is 65.0 Å². The van der Waals surface area contributed by atoms with Crippen molar-refractivity contribution in [3.63, 3.8) is 0 Å². The molecule has 36 heavy (non-hydrogen) atoms. The Labute approximate surface area is 222 Å². The van der Waals surface area contributed by atoms with Crippen molar-refractivity contribution in [2.45, 2.75) is 0 Å². The fourth-order valence-corrected chi connectivity index (χ4v) is 6.57. The number of carbonyl (C=O) groups is 2. The van der Waals surface area contributed by atoms with Gasteiger partial charge in [-0.1, -0.05) is 71.7 Å². The third-order valence-electron chi connectivity index (χ3n) is 5.46. The first-order valence-electron chi connectivity index (χ1n) is 10.7. The third kappa shape index (κ3) is 4.10. The molecule has 0 amide bonds. The molecular weight excluding hydrogens is 537 g/mol. The molecule has 176 valence electrons. The van der Waals surface area contributed by atoms with Crippen LogP contribution in [0.15, 0.2) is 83.5 Å². The van der Waals surface area contributed by atoms with Crippen molar-refractivity contribution in [1.82, 2.24) is 0 Å². The van der Waals surface area contributed by atoms with Gasteiger partial charge in [0.25, 0.3) is 0 Å². The molecule has 0 atom stereocenters. The molecule has 0 saturated carbocycles. The van der Waals surface area contributed by atoms with Gasteiger partial charge >= 0.3 is 11.9 Å². The summed E-state index contributed by atoms with van der Waals surface area (Å²) in [6, 6.07) is 21.9. The molecule has 0 spiro atoms. The number of aliphatic imine (C=N–C) groups is 1. The van der Waals surface area contributed by atoms with Crippen LogP contribution in [0.25, 0.3) is 26.2 Å². The number of ether oxygens (including phenoxy) is 2. The van der Waals surface area contributed by atoms with Crippen LogP contribution in [0.4, 0.5) is 0 Å². The largest absolute Gasteiger partial charge is 0.422 e. The molecule has 3 aromatic carbocycles. The van der Waals surface area contributed by atoms with Crippen molar-refractivity contribution in [3.8, 4) is 5.75 Å². The van der Waals surface area contributed by atoms with Gasteiger partial charge in [0.1, 0.15) is 15.5 Å². The van der Waals surface area contributed by atoms with E-state index < -0.39 is 11.9 Å². The van der Waals surface area contributed by atoms with E-state index in [0.29, 0.717) is 31.1 Å². The van der Waals surface area contributed by atoms with Gasteiger partial charge in [-0.15, -0.1) is 22.7 Å². The summed E-state index contributed by atoms with van der Waals surface area (Å²) < 4.78 is 12.8. The molecule has 0 bridgehead atoms. The summed E-state index contributed by atoms with van der Waals surface area (Å²) in [4.78, 5) is 30.4. The Morgan fingerprint density at radius 3 is 2.17 bits per heavy atom. The van der Waals surface area contributed by atoms with Crippen LogP contribution in [-0.4, -0.2) is 17.8 Å². The van der Waals surface area contributed by atoms with E-state index in [0.717, 1.165) is 20.2 Å². The summed E-state index contributed by atoms with van der Waals surface area (Å²) in [6.07, 6.45) is 1.60. The summed E-state index contributed by atoms with van der Waals surface area (Å²) in [5.41, 5.74) is 0.842. The molecule has 6 rings (SSSR count). The Bertz CT molecular complexity index is 1750. The lowest BCUT2D eigenvalue weighted by atomic mass is 10.2. The van der Waals surface area contributed by atoms with E-state index >= 15 is 0 Å². The maximum Gasteiger partial charge on any atom is 0.363 e. The monoisotopic (exact) mass is 549 g/mol. The van der Waals surface area contributed by atoms with Crippen molar-refractivity contribution in [2.24, 2.45) is 4.99 Å². The van der Waals surface area contributed by atoms with Crippen LogP contribution in [0.5, 0.6) is 5.75 Å². The number of nitrogens with zero attached hydrogens (tertiary/aromatic N) is 1. The maximum absolute atomic E-state index is 12.7. The molecule has 9 heteroatoms. The quantitative estimate of drug-likeness (QED) is 0.129. The van der Waals surface area contributed by atoms with Gasteiger partial charge in [-0.2, -0.15) is 0 Å². The summed E-state index contributed by atoms with van der Waals surface area (Å²) in [6.45, 7) is 0. The molecular formula is C27H13Cl2NO4S2. The summed E-state index contributed by atoms with van der Waals surface area (Å²) in [5.74, 6) is -0.552. The van der Waals surface area contributed by atoms with Gasteiger partial charge in [-0.05, 0) is 35.9 Å². The van der Waals surface area contributed by atoms with Crippen LogP contribution in [-0.2, 0) is 9.53 Å². The van der Waals surface area contributed by atoms with Crippen molar-refractivity contribution in [3.05, 3.63) is 104 Å². The van der Waals surface area contributed by atoms with Crippen molar-refractivity contribution in [1.29, 1.82) is 0 Å². The van der Waals surface area contributed by atoms with Gasteiger partial charge < -0.3 is 9.47 Å². The van der Waals surface area contributed by atoms with Gasteiger partial charge in [-0.25, -0.2) is 14.6 Å². The zero-order valence-electron chi connectivity index (χ0n) is 18.2. The summed E-state index contributed by atoms with van der Waals surface area (Å²) in [5, 5.41) is 2.60. The summed E-state index contributed by atoms with van der Waals surface area (Å²) in [7, 11) is 0. The Kier molecular flexibility index (Phi) is 5.85. The molecule has 0 radical (unpaired) electrons. The van der Waals surface area contributed by atoms with Crippen LogP contribution in [0.3, 0.4) is 0 Å². The SMILES string of the molecule is O=C1OC(c2sc3ccccc3c2Cl)=N/C1=C\c1ccc(OC(=O)c2sc3ccccc3c2Cl)cc1. The van der Waals surface area contributed by atoms with Crippen molar-refractivity contribution in [2.75, 3.05) is 0 Å². The molecule has 0 saturated heterocycles. The highest BCUT2D eigenvalue weighted by Crippen LogP contribution is 2.38. The molecule has 5 aromatic rings. The number of esters is 2. The van der Waals surface area contributed by atoms with Crippen molar-refractivity contribution >= 4 is 90.0 Å². The van der Waals surface area contributed by atoms with E-state index in [-0.39, 0.29) is 11.6 Å². The van der Waals surface area contributed by atoms with E-state index in [1.54, 1.807) is 30.3 Å². The second-order valence-electron chi connectivity index (χ2n) is 7.78. The molecule has 2 aromatic heterocycles. The minimum atomic E-state index is -0.562. The predicted octanol–water partition coefficient (Wildman–Crippen LogP) is 7.99. The number of carbonyl (C=O) groups excluding carboxylic acids is 2.